The zero-order chi connectivity index (χ0) is 9.14. The van der Waals surface area contributed by atoms with Gasteiger partial charge in [-0.3, -0.25) is 0 Å². The van der Waals surface area contributed by atoms with Gasteiger partial charge in [0, 0.05) is 11.6 Å². The maximum atomic E-state index is 9.55. The Labute approximate surface area is 71.8 Å². The van der Waals surface area contributed by atoms with Crippen LogP contribution in [-0.2, 0) is 0 Å². The van der Waals surface area contributed by atoms with Gasteiger partial charge in [0.05, 0.1) is 7.11 Å². The number of hydrogen-bond acceptors (Lipinski definition) is 3. The first-order valence-corrected chi connectivity index (χ1v) is 3.78. The molecule has 0 heterocycles. The van der Waals surface area contributed by atoms with E-state index in [-0.39, 0.29) is 11.8 Å². The second-order valence-electron chi connectivity index (χ2n) is 2.69. The summed E-state index contributed by atoms with van der Waals surface area (Å²) in [7, 11) is 1.51. The van der Waals surface area contributed by atoms with Crippen LogP contribution in [0, 0.1) is 0 Å². The van der Waals surface area contributed by atoms with Gasteiger partial charge in [-0.2, -0.15) is 0 Å². The second-order valence-corrected chi connectivity index (χ2v) is 2.69. The van der Waals surface area contributed by atoms with Crippen LogP contribution < -0.4 is 10.5 Å². The van der Waals surface area contributed by atoms with Crippen LogP contribution in [0.25, 0.3) is 0 Å². The number of methoxy groups -OCH3 is 1. The molecule has 1 aromatic carbocycles. The third kappa shape index (κ3) is 1.51. The highest BCUT2D eigenvalue weighted by atomic mass is 16.5. The summed E-state index contributed by atoms with van der Waals surface area (Å²) in [6.07, 6.45) is 0. The topological polar surface area (TPSA) is 55.5 Å². The van der Waals surface area contributed by atoms with E-state index >= 15 is 0 Å². The second kappa shape index (κ2) is 3.45. The molecule has 0 radical (unpaired) electrons. The summed E-state index contributed by atoms with van der Waals surface area (Å²) in [5.41, 5.74) is 6.33. The minimum atomic E-state index is -0.180. The lowest BCUT2D eigenvalue weighted by Gasteiger charge is -2.10. The molecule has 1 rings (SSSR count). The van der Waals surface area contributed by atoms with E-state index in [1.165, 1.54) is 7.11 Å². The molecule has 12 heavy (non-hydrogen) atoms. The smallest absolute Gasteiger partial charge is 0.162 e. The van der Waals surface area contributed by atoms with Gasteiger partial charge < -0.3 is 15.6 Å². The van der Waals surface area contributed by atoms with Crippen LogP contribution in [0.2, 0.25) is 0 Å². The van der Waals surface area contributed by atoms with Crippen molar-refractivity contribution in [2.24, 2.45) is 5.73 Å². The molecule has 0 spiro atoms. The molecule has 0 aliphatic rings. The van der Waals surface area contributed by atoms with Gasteiger partial charge in [-0.25, -0.2) is 0 Å². The van der Waals surface area contributed by atoms with E-state index in [4.69, 9.17) is 10.5 Å². The van der Waals surface area contributed by atoms with E-state index in [9.17, 15) is 5.11 Å². The summed E-state index contributed by atoms with van der Waals surface area (Å²) >= 11 is 0. The number of para-hydroxylation sites is 1. The lowest BCUT2D eigenvalue weighted by molar-refractivity contribution is 0.369. The summed E-state index contributed by atoms with van der Waals surface area (Å²) in [6.45, 7) is 1.81. The molecule has 0 saturated carbocycles. The monoisotopic (exact) mass is 167 g/mol. The number of benzene rings is 1. The molecule has 0 aromatic heterocycles. The highest BCUT2D eigenvalue weighted by Crippen LogP contribution is 2.32. The van der Waals surface area contributed by atoms with Crippen LogP contribution in [-0.4, -0.2) is 12.2 Å². The number of rotatable bonds is 2. The van der Waals surface area contributed by atoms with Crippen LogP contribution >= 0.6 is 0 Å². The first-order chi connectivity index (χ1) is 5.66. The van der Waals surface area contributed by atoms with Crippen molar-refractivity contribution in [3.05, 3.63) is 23.8 Å². The molecule has 0 amide bonds. The largest absolute Gasteiger partial charge is 0.504 e. The van der Waals surface area contributed by atoms with Crippen molar-refractivity contribution < 1.29 is 9.84 Å². The van der Waals surface area contributed by atoms with Crippen LogP contribution in [0.15, 0.2) is 18.2 Å². The summed E-state index contributed by atoms with van der Waals surface area (Å²) < 4.78 is 4.93. The molecular weight excluding hydrogens is 154 g/mol. The fourth-order valence-electron chi connectivity index (χ4n) is 1.07. The zero-order valence-corrected chi connectivity index (χ0v) is 7.24. The molecule has 0 fully saturated rings. The molecule has 0 unspecified atom stereocenters. The van der Waals surface area contributed by atoms with Crippen molar-refractivity contribution in [1.82, 2.24) is 0 Å². The van der Waals surface area contributed by atoms with Gasteiger partial charge in [-0.05, 0) is 13.0 Å². The van der Waals surface area contributed by atoms with Crippen molar-refractivity contribution in [3.8, 4) is 11.5 Å². The molecule has 0 aliphatic heterocycles. The Hall–Kier alpha value is -1.22. The minimum Gasteiger partial charge on any atom is -0.504 e. The van der Waals surface area contributed by atoms with E-state index in [0.29, 0.717) is 11.3 Å². The van der Waals surface area contributed by atoms with Gasteiger partial charge in [-0.1, -0.05) is 12.1 Å². The lowest BCUT2D eigenvalue weighted by atomic mass is 10.1. The molecular formula is C9H13NO2. The lowest BCUT2D eigenvalue weighted by Crippen LogP contribution is -2.05. The van der Waals surface area contributed by atoms with Crippen molar-refractivity contribution in [2.75, 3.05) is 7.11 Å². The van der Waals surface area contributed by atoms with Gasteiger partial charge >= 0.3 is 0 Å². The zero-order valence-electron chi connectivity index (χ0n) is 7.24. The highest BCUT2D eigenvalue weighted by Gasteiger charge is 2.09. The number of phenols is 1. The molecule has 3 N–H and O–H groups in total. The van der Waals surface area contributed by atoms with Crippen LogP contribution in [0.5, 0.6) is 11.5 Å². The van der Waals surface area contributed by atoms with E-state index in [0.717, 1.165) is 0 Å². The molecule has 3 heteroatoms. The fourth-order valence-corrected chi connectivity index (χ4v) is 1.07. The normalized spacial score (nSPS) is 12.6. The van der Waals surface area contributed by atoms with Crippen molar-refractivity contribution in [1.29, 1.82) is 0 Å². The van der Waals surface area contributed by atoms with Crippen molar-refractivity contribution in [2.45, 2.75) is 13.0 Å². The van der Waals surface area contributed by atoms with Gasteiger partial charge in [0.2, 0.25) is 0 Å². The summed E-state index contributed by atoms with van der Waals surface area (Å²) in [5, 5.41) is 9.55. The Morgan fingerprint density at radius 2 is 2.17 bits per heavy atom. The first kappa shape index (κ1) is 8.87. The Morgan fingerprint density at radius 1 is 1.50 bits per heavy atom. The number of phenolic OH excluding ortho intramolecular Hbond substituents is 1. The predicted octanol–water partition coefficient (Wildman–Crippen LogP) is 1.42. The predicted molar refractivity (Wildman–Crippen MR) is 47.3 cm³/mol. The minimum absolute atomic E-state index is 0.134. The highest BCUT2D eigenvalue weighted by molar-refractivity contribution is 5.46. The van der Waals surface area contributed by atoms with Crippen LogP contribution in [0.3, 0.4) is 0 Å². The summed E-state index contributed by atoms with van der Waals surface area (Å²) in [4.78, 5) is 0. The number of nitrogens with two attached hydrogens (primary N) is 1. The molecule has 1 atom stereocenters. The van der Waals surface area contributed by atoms with Gasteiger partial charge in [0.15, 0.2) is 11.5 Å². The maximum Gasteiger partial charge on any atom is 0.162 e. The van der Waals surface area contributed by atoms with E-state index < -0.39 is 0 Å². The van der Waals surface area contributed by atoms with Gasteiger partial charge in [0.1, 0.15) is 0 Å². The third-order valence-electron chi connectivity index (χ3n) is 1.74. The Kier molecular flexibility index (Phi) is 2.55. The fraction of sp³-hybridized carbons (Fsp3) is 0.333. The Balaban J connectivity index is 3.14. The molecule has 0 aliphatic carbocycles. The number of aromatic hydroxyl groups is 1. The molecule has 0 bridgehead atoms. The average Bonchev–Trinajstić information content (AvgIpc) is 2.04. The Bertz CT molecular complexity index is 271. The Morgan fingerprint density at radius 3 is 2.67 bits per heavy atom. The average molecular weight is 167 g/mol. The number of ether oxygens (including phenoxy) is 1. The maximum absolute atomic E-state index is 9.55. The first-order valence-electron chi connectivity index (χ1n) is 3.78. The quantitative estimate of drug-likeness (QED) is 0.700. The standard InChI is InChI=1S/C9H13NO2/c1-6(10)7-4-3-5-8(12-2)9(7)11/h3-6,11H,10H2,1-2H3/t6-/m1/s1. The number of hydrogen-bond donors (Lipinski definition) is 2. The van der Waals surface area contributed by atoms with E-state index in [2.05, 4.69) is 0 Å². The van der Waals surface area contributed by atoms with E-state index in [1.807, 2.05) is 6.92 Å². The molecule has 0 saturated heterocycles. The third-order valence-corrected chi connectivity index (χ3v) is 1.74. The SMILES string of the molecule is COc1cccc([C@@H](C)N)c1O. The molecule has 66 valence electrons. The van der Waals surface area contributed by atoms with Crippen molar-refractivity contribution >= 4 is 0 Å². The summed E-state index contributed by atoms with van der Waals surface area (Å²) in [6, 6.07) is 5.10. The molecule has 1 aromatic rings. The van der Waals surface area contributed by atoms with Crippen LogP contribution in [0.4, 0.5) is 0 Å². The van der Waals surface area contributed by atoms with Gasteiger partial charge in [0.25, 0.3) is 0 Å². The van der Waals surface area contributed by atoms with Crippen molar-refractivity contribution in [3.63, 3.8) is 0 Å². The van der Waals surface area contributed by atoms with E-state index in [1.54, 1.807) is 18.2 Å². The summed E-state index contributed by atoms with van der Waals surface area (Å²) in [5.74, 6) is 0.597. The molecule has 3 nitrogen and oxygen atoms in total. The van der Waals surface area contributed by atoms with Crippen LogP contribution in [0.1, 0.15) is 18.5 Å². The van der Waals surface area contributed by atoms with Gasteiger partial charge in [-0.15, -0.1) is 0 Å².